The first-order valence-electron chi connectivity index (χ1n) is 12.2. The molecule has 0 saturated heterocycles. The van der Waals surface area contributed by atoms with Crippen LogP contribution >= 0.6 is 0 Å². The number of aromatic nitrogens is 2. The monoisotopic (exact) mass is 528 g/mol. The molecule has 1 aliphatic heterocycles. The number of hydrogen-bond acceptors (Lipinski definition) is 6. The third kappa shape index (κ3) is 6.46. The second kappa shape index (κ2) is 11.2. The predicted octanol–water partition coefficient (Wildman–Crippen LogP) is 3.66. The summed E-state index contributed by atoms with van der Waals surface area (Å²) in [7, 11) is 1.57. The van der Waals surface area contributed by atoms with Gasteiger partial charge >= 0.3 is 6.03 Å². The molecule has 1 aliphatic rings. The highest BCUT2D eigenvalue weighted by Gasteiger charge is 2.31. The van der Waals surface area contributed by atoms with Gasteiger partial charge in [0.15, 0.2) is 0 Å². The molecule has 2 N–H and O–H groups in total. The van der Waals surface area contributed by atoms with Gasteiger partial charge in [0.2, 0.25) is 0 Å². The molecule has 202 valence electrons. The highest BCUT2D eigenvalue weighted by molar-refractivity contribution is 6.00. The van der Waals surface area contributed by atoms with Crippen LogP contribution in [0.1, 0.15) is 37.8 Å². The lowest BCUT2D eigenvalue weighted by atomic mass is 10.0. The number of rotatable bonds is 8. The van der Waals surface area contributed by atoms with E-state index < -0.39 is 35.2 Å². The molecule has 0 saturated carbocycles. The van der Waals surface area contributed by atoms with Crippen molar-refractivity contribution in [2.75, 3.05) is 25.2 Å². The average molecular weight is 529 g/mol. The SMILES string of the molecule is CN1C(=O)[C@@H](NC(=O)n2cc(Cc3c(F)cccc3F)cn2)COc2ccc(OCCCC(C)(C)O)cc21. The highest BCUT2D eigenvalue weighted by Crippen LogP contribution is 2.34. The number of aliphatic hydroxyl groups is 1. The van der Waals surface area contributed by atoms with E-state index in [0.29, 0.717) is 42.2 Å². The Morgan fingerprint density at radius 1 is 1.26 bits per heavy atom. The minimum Gasteiger partial charge on any atom is -0.494 e. The van der Waals surface area contributed by atoms with Crippen molar-refractivity contribution in [3.63, 3.8) is 0 Å². The third-order valence-corrected chi connectivity index (χ3v) is 6.11. The summed E-state index contributed by atoms with van der Waals surface area (Å²) in [5.74, 6) is -0.783. The maximum Gasteiger partial charge on any atom is 0.342 e. The zero-order valence-electron chi connectivity index (χ0n) is 21.4. The lowest BCUT2D eigenvalue weighted by molar-refractivity contribution is -0.120. The van der Waals surface area contributed by atoms with E-state index in [-0.39, 0.29) is 18.6 Å². The minimum atomic E-state index is -1.01. The molecule has 0 radical (unpaired) electrons. The van der Waals surface area contributed by atoms with Gasteiger partial charge in [-0.15, -0.1) is 0 Å². The number of halogens is 2. The molecule has 2 amide bonds. The Labute approximate surface area is 219 Å². The Kier molecular flexibility index (Phi) is 7.96. The summed E-state index contributed by atoms with van der Waals surface area (Å²) in [6, 6.07) is 7.00. The molecule has 2 heterocycles. The van der Waals surface area contributed by atoms with Crippen LogP contribution in [0.25, 0.3) is 0 Å². The van der Waals surface area contributed by atoms with E-state index in [4.69, 9.17) is 9.47 Å². The van der Waals surface area contributed by atoms with Crippen LogP contribution < -0.4 is 19.7 Å². The van der Waals surface area contributed by atoms with Gasteiger partial charge in [0.25, 0.3) is 5.91 Å². The molecule has 0 unspecified atom stereocenters. The number of anilines is 1. The van der Waals surface area contributed by atoms with Crippen LogP contribution in [0, 0.1) is 11.6 Å². The molecular formula is C27H30F2N4O5. The first-order valence-corrected chi connectivity index (χ1v) is 12.2. The topological polar surface area (TPSA) is 106 Å². The van der Waals surface area contributed by atoms with E-state index in [1.807, 2.05) is 0 Å². The largest absolute Gasteiger partial charge is 0.494 e. The summed E-state index contributed by atoms with van der Waals surface area (Å²) >= 11 is 0. The Hall–Kier alpha value is -3.99. The second-order valence-corrected chi connectivity index (χ2v) is 9.77. The number of carbonyl (C=O) groups excluding carboxylic acids is 2. The number of nitrogens with zero attached hydrogens (tertiary/aromatic N) is 3. The summed E-state index contributed by atoms with van der Waals surface area (Å²) in [4.78, 5) is 27.3. The van der Waals surface area contributed by atoms with E-state index in [9.17, 15) is 23.5 Å². The number of carbonyl (C=O) groups is 2. The molecule has 3 aromatic rings. The Morgan fingerprint density at radius 3 is 2.71 bits per heavy atom. The molecule has 9 nitrogen and oxygen atoms in total. The maximum absolute atomic E-state index is 14.0. The molecule has 0 spiro atoms. The van der Waals surface area contributed by atoms with Crippen molar-refractivity contribution >= 4 is 17.6 Å². The van der Waals surface area contributed by atoms with Crippen LogP contribution in [0.5, 0.6) is 11.5 Å². The molecule has 2 aromatic carbocycles. The fraction of sp³-hybridized carbons (Fsp3) is 0.370. The summed E-state index contributed by atoms with van der Waals surface area (Å²) < 4.78 is 40.5. The van der Waals surface area contributed by atoms with Gasteiger partial charge in [0.05, 0.1) is 24.1 Å². The number of nitrogens with one attached hydrogen (secondary N) is 1. The molecule has 0 fully saturated rings. The van der Waals surface area contributed by atoms with Gasteiger partial charge in [-0.3, -0.25) is 4.79 Å². The van der Waals surface area contributed by atoms with Crippen molar-refractivity contribution in [1.82, 2.24) is 15.1 Å². The zero-order chi connectivity index (χ0) is 27.4. The van der Waals surface area contributed by atoms with Crippen molar-refractivity contribution in [3.8, 4) is 11.5 Å². The Balaban J connectivity index is 1.39. The molecule has 0 bridgehead atoms. The molecule has 11 heteroatoms. The maximum atomic E-state index is 14.0. The van der Waals surface area contributed by atoms with E-state index >= 15 is 0 Å². The lowest BCUT2D eigenvalue weighted by Crippen LogP contribution is -2.50. The number of hydrogen-bond donors (Lipinski definition) is 2. The van der Waals surface area contributed by atoms with E-state index in [1.54, 1.807) is 39.1 Å². The number of benzene rings is 2. The van der Waals surface area contributed by atoms with E-state index in [2.05, 4.69) is 10.4 Å². The summed E-state index contributed by atoms with van der Waals surface area (Å²) in [5, 5.41) is 16.4. The van der Waals surface area contributed by atoms with Crippen LogP contribution in [-0.4, -0.2) is 58.7 Å². The average Bonchev–Trinajstić information content (AvgIpc) is 3.30. The van der Waals surface area contributed by atoms with Gasteiger partial charge in [-0.1, -0.05) is 6.07 Å². The fourth-order valence-electron chi connectivity index (χ4n) is 4.05. The predicted molar refractivity (Wildman–Crippen MR) is 135 cm³/mol. The Bertz CT molecular complexity index is 1300. The number of ether oxygens (including phenoxy) is 2. The van der Waals surface area contributed by atoms with Gasteiger partial charge < -0.3 is 24.8 Å². The summed E-state index contributed by atoms with van der Waals surface area (Å²) in [6.07, 6.45) is 3.84. The molecule has 4 rings (SSSR count). The van der Waals surface area contributed by atoms with Crippen molar-refractivity contribution < 1.29 is 33.0 Å². The van der Waals surface area contributed by atoms with Crippen molar-refractivity contribution in [3.05, 3.63) is 71.6 Å². The van der Waals surface area contributed by atoms with Gasteiger partial charge in [-0.25, -0.2) is 13.6 Å². The number of amides is 2. The summed E-state index contributed by atoms with van der Waals surface area (Å²) in [6.45, 7) is 3.76. The quantitative estimate of drug-likeness (QED) is 0.433. The van der Waals surface area contributed by atoms with Crippen molar-refractivity contribution in [2.24, 2.45) is 0 Å². The number of fused-ring (bicyclic) bond motifs is 1. The first kappa shape index (κ1) is 27.1. The smallest absolute Gasteiger partial charge is 0.342 e. The molecule has 1 aromatic heterocycles. The summed E-state index contributed by atoms with van der Waals surface area (Å²) in [5.41, 5.74) is 0.0130. The Morgan fingerprint density at radius 2 is 2.00 bits per heavy atom. The van der Waals surface area contributed by atoms with E-state index in [1.165, 1.54) is 23.4 Å². The van der Waals surface area contributed by atoms with Crippen LogP contribution in [0.4, 0.5) is 19.3 Å². The second-order valence-electron chi connectivity index (χ2n) is 9.77. The molecule has 1 atom stereocenters. The van der Waals surface area contributed by atoms with Gasteiger partial charge in [0.1, 0.15) is 35.8 Å². The van der Waals surface area contributed by atoms with Crippen LogP contribution in [0.2, 0.25) is 0 Å². The highest BCUT2D eigenvalue weighted by atomic mass is 19.1. The first-order chi connectivity index (χ1) is 18.0. The standard InChI is InChI=1S/C27H30F2N4O5/c1-27(2,36)10-5-11-37-18-8-9-24-23(13-18)32(3)25(34)22(16-38-24)31-26(35)33-15-17(14-30-33)12-19-20(28)6-4-7-21(19)29/h4,6-9,13-15,22,36H,5,10-12,16H2,1-3H3,(H,31,35)/t22-/m0/s1. The molecular weight excluding hydrogens is 498 g/mol. The van der Waals surface area contributed by atoms with Crippen molar-refractivity contribution in [1.29, 1.82) is 0 Å². The minimum absolute atomic E-state index is 0.0858. The van der Waals surface area contributed by atoms with Gasteiger partial charge in [-0.05, 0) is 56.5 Å². The van der Waals surface area contributed by atoms with Crippen LogP contribution in [0.3, 0.4) is 0 Å². The van der Waals surface area contributed by atoms with Crippen LogP contribution in [0.15, 0.2) is 48.8 Å². The van der Waals surface area contributed by atoms with Gasteiger partial charge in [0, 0.05) is 31.3 Å². The normalized spacial score (nSPS) is 15.5. The molecule has 38 heavy (non-hydrogen) atoms. The third-order valence-electron chi connectivity index (χ3n) is 6.11. The lowest BCUT2D eigenvalue weighted by Gasteiger charge is -2.21. The van der Waals surface area contributed by atoms with Crippen LogP contribution in [-0.2, 0) is 11.2 Å². The van der Waals surface area contributed by atoms with E-state index in [0.717, 1.165) is 16.8 Å². The zero-order valence-corrected chi connectivity index (χ0v) is 21.4. The number of likely N-dealkylation sites (N-methyl/N-ethyl adjacent to an activating group) is 1. The van der Waals surface area contributed by atoms with Crippen molar-refractivity contribution in [2.45, 2.75) is 44.8 Å². The fourth-order valence-corrected chi connectivity index (χ4v) is 4.05. The molecule has 0 aliphatic carbocycles. The van der Waals surface area contributed by atoms with Gasteiger partial charge in [-0.2, -0.15) is 9.78 Å².